The first kappa shape index (κ1) is 21.4. The fourth-order valence-electron chi connectivity index (χ4n) is 5.36. The minimum Gasteiger partial charge on any atom is -0.340 e. The van der Waals surface area contributed by atoms with Crippen molar-refractivity contribution in [1.29, 1.82) is 0 Å². The van der Waals surface area contributed by atoms with Crippen molar-refractivity contribution in [2.45, 2.75) is 24.9 Å². The molecule has 1 aliphatic carbocycles. The van der Waals surface area contributed by atoms with Gasteiger partial charge >= 0.3 is 0 Å². The first-order chi connectivity index (χ1) is 15.4. The molecule has 6 heteroatoms. The number of likely N-dealkylation sites (N-methyl/N-ethyl adjacent to an activating group) is 1. The van der Waals surface area contributed by atoms with Crippen LogP contribution in [-0.2, 0) is 24.2 Å². The van der Waals surface area contributed by atoms with E-state index in [0.717, 1.165) is 26.2 Å². The maximum Gasteiger partial charge on any atom is 0.243 e. The van der Waals surface area contributed by atoms with E-state index in [4.69, 9.17) is 11.6 Å². The van der Waals surface area contributed by atoms with Crippen molar-refractivity contribution in [1.82, 2.24) is 15.1 Å². The Morgan fingerprint density at radius 2 is 1.69 bits per heavy atom. The second-order valence-electron chi connectivity index (χ2n) is 9.03. The molecule has 3 aromatic carbocycles. The third-order valence-corrected chi connectivity index (χ3v) is 7.06. The lowest BCUT2D eigenvalue weighted by atomic mass is 9.90. The fraction of sp³-hybridized carbons (Fsp3) is 0.346. The van der Waals surface area contributed by atoms with Crippen LogP contribution >= 0.6 is 11.6 Å². The quantitative estimate of drug-likeness (QED) is 0.650. The van der Waals surface area contributed by atoms with Gasteiger partial charge in [-0.25, -0.2) is 4.39 Å². The Kier molecular flexibility index (Phi) is 5.66. The number of hydrogen-bond donors (Lipinski definition) is 1. The molecule has 0 aromatic heterocycles. The van der Waals surface area contributed by atoms with Crippen LogP contribution in [0, 0.1) is 5.82 Å². The van der Waals surface area contributed by atoms with Crippen LogP contribution in [0.1, 0.15) is 16.7 Å². The number of piperazine rings is 1. The van der Waals surface area contributed by atoms with Gasteiger partial charge in [0.05, 0.1) is 0 Å². The van der Waals surface area contributed by atoms with Crippen molar-refractivity contribution in [3.8, 4) is 0 Å². The molecule has 5 rings (SSSR count). The van der Waals surface area contributed by atoms with E-state index in [0.29, 0.717) is 30.0 Å². The van der Waals surface area contributed by atoms with E-state index in [1.807, 2.05) is 7.05 Å². The van der Waals surface area contributed by atoms with E-state index in [9.17, 15) is 9.18 Å². The first-order valence-corrected chi connectivity index (χ1v) is 11.5. The molecule has 1 aliphatic heterocycles. The summed E-state index contributed by atoms with van der Waals surface area (Å²) in [5.74, 6) is -0.301. The molecule has 3 aromatic rings. The van der Waals surface area contributed by atoms with Gasteiger partial charge in [-0.15, -0.1) is 0 Å². The molecule has 166 valence electrons. The van der Waals surface area contributed by atoms with Gasteiger partial charge in [0.15, 0.2) is 0 Å². The second kappa shape index (κ2) is 8.47. The molecule has 4 nitrogen and oxygen atoms in total. The van der Waals surface area contributed by atoms with Gasteiger partial charge in [0.1, 0.15) is 11.4 Å². The summed E-state index contributed by atoms with van der Waals surface area (Å²) in [4.78, 5) is 18.1. The monoisotopic (exact) mass is 451 g/mol. The summed E-state index contributed by atoms with van der Waals surface area (Å²) in [6, 6.07) is 17.3. The van der Waals surface area contributed by atoms with Crippen LogP contribution in [0.5, 0.6) is 0 Å². The maximum absolute atomic E-state index is 14.0. The summed E-state index contributed by atoms with van der Waals surface area (Å²) < 4.78 is 13.9. The van der Waals surface area contributed by atoms with Crippen molar-refractivity contribution in [3.63, 3.8) is 0 Å². The van der Waals surface area contributed by atoms with Crippen LogP contribution in [0.3, 0.4) is 0 Å². The van der Waals surface area contributed by atoms with Gasteiger partial charge in [-0.3, -0.25) is 9.69 Å². The van der Waals surface area contributed by atoms with Crippen molar-refractivity contribution in [3.05, 3.63) is 82.1 Å². The highest BCUT2D eigenvalue weighted by Gasteiger charge is 2.49. The molecule has 2 aliphatic rings. The maximum atomic E-state index is 14.0. The van der Waals surface area contributed by atoms with Crippen LogP contribution in [0.25, 0.3) is 10.8 Å². The SMILES string of the molecule is CN(Cc1cc(F)cc(Cl)c1)C(=O)C1(N2CCNCC2)Cc2cc3ccccc3cc2C1. The molecule has 1 amide bonds. The number of benzene rings is 3. The predicted octanol–water partition coefficient (Wildman–Crippen LogP) is 4.03. The Labute approximate surface area is 193 Å². The topological polar surface area (TPSA) is 35.6 Å². The zero-order valence-electron chi connectivity index (χ0n) is 18.2. The number of halogens is 2. The Morgan fingerprint density at radius 1 is 1.06 bits per heavy atom. The van der Waals surface area contributed by atoms with Crippen molar-refractivity contribution < 1.29 is 9.18 Å². The van der Waals surface area contributed by atoms with Crippen LogP contribution in [0.4, 0.5) is 4.39 Å². The number of fused-ring (bicyclic) bond motifs is 2. The summed E-state index contributed by atoms with van der Waals surface area (Å²) in [6.45, 7) is 3.73. The normalized spacial score (nSPS) is 18.0. The molecular formula is C26H27ClFN3O. The third kappa shape index (κ3) is 3.90. The van der Waals surface area contributed by atoms with E-state index in [2.05, 4.69) is 46.6 Å². The summed E-state index contributed by atoms with van der Waals surface area (Å²) in [6.07, 6.45) is 1.39. The van der Waals surface area contributed by atoms with E-state index in [1.54, 1.807) is 11.0 Å². The summed E-state index contributed by atoms with van der Waals surface area (Å²) >= 11 is 6.04. The van der Waals surface area contributed by atoms with E-state index < -0.39 is 5.54 Å². The molecule has 1 heterocycles. The number of carbonyl (C=O) groups excluding carboxylic acids is 1. The molecule has 0 radical (unpaired) electrons. The minimum absolute atomic E-state index is 0.0834. The number of hydrogen-bond acceptors (Lipinski definition) is 3. The third-order valence-electron chi connectivity index (χ3n) is 6.84. The zero-order chi connectivity index (χ0) is 22.3. The lowest BCUT2D eigenvalue weighted by Crippen LogP contribution is -2.63. The van der Waals surface area contributed by atoms with Gasteiger partial charge in [0.2, 0.25) is 5.91 Å². The highest BCUT2D eigenvalue weighted by atomic mass is 35.5. The van der Waals surface area contributed by atoms with E-state index >= 15 is 0 Å². The molecule has 0 saturated carbocycles. The molecule has 0 bridgehead atoms. The van der Waals surface area contributed by atoms with Gasteiger partial charge in [0.25, 0.3) is 0 Å². The van der Waals surface area contributed by atoms with Gasteiger partial charge in [-0.1, -0.05) is 48.0 Å². The largest absolute Gasteiger partial charge is 0.340 e. The molecule has 1 saturated heterocycles. The standard InChI is InChI=1S/C26H27ClFN3O/c1-30(17-18-10-23(27)14-24(28)11-18)25(32)26(31-8-6-29-7-9-31)15-21-12-19-4-2-3-5-20(19)13-22(21)16-26/h2-5,10-14,29H,6-9,15-17H2,1H3. The minimum atomic E-state index is -0.617. The van der Waals surface area contributed by atoms with Gasteiger partial charge in [-0.05, 0) is 45.7 Å². The Balaban J connectivity index is 1.49. The smallest absolute Gasteiger partial charge is 0.243 e. The lowest BCUT2D eigenvalue weighted by molar-refractivity contribution is -0.144. The Hall–Kier alpha value is -2.47. The summed E-state index contributed by atoms with van der Waals surface area (Å²) in [5.41, 5.74) is 2.58. The zero-order valence-corrected chi connectivity index (χ0v) is 19.0. The number of carbonyl (C=O) groups is 1. The average molecular weight is 452 g/mol. The van der Waals surface area contributed by atoms with Gasteiger partial charge in [-0.2, -0.15) is 0 Å². The Morgan fingerprint density at radius 3 is 2.28 bits per heavy atom. The number of rotatable bonds is 4. The van der Waals surface area contributed by atoms with Crippen LogP contribution < -0.4 is 5.32 Å². The van der Waals surface area contributed by atoms with Crippen LogP contribution in [0.2, 0.25) is 5.02 Å². The second-order valence-corrected chi connectivity index (χ2v) is 9.47. The average Bonchev–Trinajstić information content (AvgIpc) is 3.16. The highest BCUT2D eigenvalue weighted by Crippen LogP contribution is 2.38. The molecule has 32 heavy (non-hydrogen) atoms. The van der Waals surface area contributed by atoms with Gasteiger partial charge < -0.3 is 10.2 Å². The first-order valence-electron chi connectivity index (χ1n) is 11.1. The molecule has 0 unspecified atom stereocenters. The van der Waals surface area contributed by atoms with Gasteiger partial charge in [0, 0.05) is 57.6 Å². The summed E-state index contributed by atoms with van der Waals surface area (Å²) in [7, 11) is 1.81. The Bertz CT molecular complexity index is 1110. The van der Waals surface area contributed by atoms with Crippen LogP contribution in [0.15, 0.2) is 54.6 Å². The van der Waals surface area contributed by atoms with E-state index in [-0.39, 0.29) is 11.7 Å². The number of amides is 1. The number of nitrogens with zero attached hydrogens (tertiary/aromatic N) is 2. The number of nitrogens with one attached hydrogen (secondary N) is 1. The molecule has 0 spiro atoms. The predicted molar refractivity (Wildman–Crippen MR) is 126 cm³/mol. The van der Waals surface area contributed by atoms with Crippen LogP contribution in [-0.4, -0.2) is 54.5 Å². The molecule has 1 fully saturated rings. The fourth-order valence-corrected chi connectivity index (χ4v) is 5.61. The summed E-state index contributed by atoms with van der Waals surface area (Å²) in [5, 5.41) is 6.16. The van der Waals surface area contributed by atoms with Crippen molar-refractivity contribution in [2.75, 3.05) is 33.2 Å². The highest BCUT2D eigenvalue weighted by molar-refractivity contribution is 6.30. The van der Waals surface area contributed by atoms with Crippen molar-refractivity contribution in [2.24, 2.45) is 0 Å². The molecule has 1 N–H and O–H groups in total. The lowest BCUT2D eigenvalue weighted by Gasteiger charge is -2.44. The van der Waals surface area contributed by atoms with E-state index in [1.165, 1.54) is 34.0 Å². The molecular weight excluding hydrogens is 425 g/mol. The van der Waals surface area contributed by atoms with Crippen molar-refractivity contribution >= 4 is 28.3 Å². The molecule has 0 atom stereocenters.